The van der Waals surface area contributed by atoms with Crippen molar-refractivity contribution in [3.05, 3.63) is 58.6 Å². The maximum Gasteiger partial charge on any atom is 0.255 e. The Morgan fingerprint density at radius 1 is 1.17 bits per heavy atom. The minimum absolute atomic E-state index is 0.180. The van der Waals surface area contributed by atoms with Crippen molar-refractivity contribution in [2.75, 3.05) is 11.1 Å². The summed E-state index contributed by atoms with van der Waals surface area (Å²) < 4.78 is 0. The van der Waals surface area contributed by atoms with Crippen LogP contribution in [-0.4, -0.2) is 5.91 Å². The first-order valence-corrected chi connectivity index (χ1v) is 5.87. The van der Waals surface area contributed by atoms with Crippen LogP contribution in [0.2, 0.25) is 5.02 Å². The third-order valence-electron chi connectivity index (χ3n) is 2.62. The van der Waals surface area contributed by atoms with Gasteiger partial charge in [-0.25, -0.2) is 0 Å². The summed E-state index contributed by atoms with van der Waals surface area (Å²) in [7, 11) is 0. The molecule has 0 heterocycles. The molecule has 0 atom stereocenters. The van der Waals surface area contributed by atoms with Crippen LogP contribution < -0.4 is 11.1 Å². The number of carbonyl (C=O) groups excluding carboxylic acids is 1. The van der Waals surface area contributed by atoms with Crippen LogP contribution in [0.3, 0.4) is 0 Å². The van der Waals surface area contributed by atoms with Crippen LogP contribution >= 0.6 is 11.6 Å². The first-order chi connectivity index (χ1) is 8.56. The van der Waals surface area contributed by atoms with E-state index in [1.54, 1.807) is 36.4 Å². The van der Waals surface area contributed by atoms with Gasteiger partial charge in [0.15, 0.2) is 0 Å². The Kier molecular flexibility index (Phi) is 3.53. The van der Waals surface area contributed by atoms with Gasteiger partial charge in [-0.05, 0) is 48.9 Å². The molecule has 3 N–H and O–H groups in total. The Morgan fingerprint density at radius 2 is 1.83 bits per heavy atom. The molecule has 0 aromatic heterocycles. The van der Waals surface area contributed by atoms with E-state index in [-0.39, 0.29) is 5.91 Å². The van der Waals surface area contributed by atoms with E-state index >= 15 is 0 Å². The van der Waals surface area contributed by atoms with E-state index in [0.717, 1.165) is 11.3 Å². The van der Waals surface area contributed by atoms with E-state index in [1.807, 2.05) is 13.0 Å². The third-order valence-corrected chi connectivity index (χ3v) is 2.87. The van der Waals surface area contributed by atoms with Gasteiger partial charge in [0.05, 0.1) is 0 Å². The van der Waals surface area contributed by atoms with E-state index in [9.17, 15) is 4.79 Å². The molecule has 0 aliphatic heterocycles. The van der Waals surface area contributed by atoms with Crippen LogP contribution in [0, 0.1) is 6.92 Å². The van der Waals surface area contributed by atoms with Crippen molar-refractivity contribution in [3.8, 4) is 0 Å². The summed E-state index contributed by atoms with van der Waals surface area (Å²) in [4.78, 5) is 12.0. The molecule has 3 nitrogen and oxygen atoms in total. The topological polar surface area (TPSA) is 55.1 Å². The average molecular weight is 261 g/mol. The number of halogens is 1. The smallest absolute Gasteiger partial charge is 0.255 e. The maximum absolute atomic E-state index is 12.0. The normalized spacial score (nSPS) is 10.1. The Hall–Kier alpha value is -2.00. The number of carbonyl (C=O) groups is 1. The van der Waals surface area contributed by atoms with E-state index < -0.39 is 0 Å². The second-order valence-electron chi connectivity index (χ2n) is 4.04. The second-order valence-corrected chi connectivity index (χ2v) is 4.47. The van der Waals surface area contributed by atoms with Crippen LogP contribution in [-0.2, 0) is 0 Å². The number of hydrogen-bond acceptors (Lipinski definition) is 2. The summed E-state index contributed by atoms with van der Waals surface area (Å²) in [6.07, 6.45) is 0. The van der Waals surface area contributed by atoms with Gasteiger partial charge in [-0.2, -0.15) is 0 Å². The van der Waals surface area contributed by atoms with Crippen LogP contribution in [0.4, 0.5) is 11.4 Å². The molecule has 1 amide bonds. The predicted molar refractivity (Wildman–Crippen MR) is 75.0 cm³/mol. The fourth-order valence-corrected chi connectivity index (χ4v) is 1.70. The summed E-state index contributed by atoms with van der Waals surface area (Å²) in [6.45, 7) is 1.91. The Balaban J connectivity index is 2.21. The molecule has 0 fully saturated rings. The second kappa shape index (κ2) is 5.10. The van der Waals surface area contributed by atoms with Crippen LogP contribution in [0.5, 0.6) is 0 Å². The molecule has 0 aliphatic rings. The van der Waals surface area contributed by atoms with Crippen molar-refractivity contribution in [3.63, 3.8) is 0 Å². The summed E-state index contributed by atoms with van der Waals surface area (Å²) in [5.74, 6) is -0.180. The number of nitrogen functional groups attached to an aromatic ring is 1. The van der Waals surface area contributed by atoms with Crippen molar-refractivity contribution < 1.29 is 4.79 Å². The molecule has 2 rings (SSSR count). The molecular weight excluding hydrogens is 248 g/mol. The highest BCUT2D eigenvalue weighted by molar-refractivity contribution is 6.30. The molecular formula is C14H13ClN2O. The summed E-state index contributed by atoms with van der Waals surface area (Å²) in [6, 6.07) is 12.1. The monoisotopic (exact) mass is 260 g/mol. The lowest BCUT2D eigenvalue weighted by Crippen LogP contribution is -2.12. The highest BCUT2D eigenvalue weighted by Gasteiger charge is 2.07. The molecule has 0 spiro atoms. The van der Waals surface area contributed by atoms with Gasteiger partial charge in [-0.3, -0.25) is 4.79 Å². The maximum atomic E-state index is 12.0. The van der Waals surface area contributed by atoms with Crippen molar-refractivity contribution in [2.24, 2.45) is 0 Å². The molecule has 0 bridgehead atoms. The van der Waals surface area contributed by atoms with Gasteiger partial charge >= 0.3 is 0 Å². The zero-order valence-electron chi connectivity index (χ0n) is 9.91. The largest absolute Gasteiger partial charge is 0.399 e. The number of amides is 1. The van der Waals surface area contributed by atoms with Crippen molar-refractivity contribution in [1.29, 1.82) is 0 Å². The first kappa shape index (κ1) is 12.5. The highest BCUT2D eigenvalue weighted by Crippen LogP contribution is 2.19. The van der Waals surface area contributed by atoms with E-state index in [1.165, 1.54) is 0 Å². The predicted octanol–water partition coefficient (Wildman–Crippen LogP) is 3.48. The fourth-order valence-electron chi connectivity index (χ4n) is 1.57. The zero-order valence-corrected chi connectivity index (χ0v) is 10.7. The first-order valence-electron chi connectivity index (χ1n) is 5.49. The lowest BCUT2D eigenvalue weighted by atomic mass is 10.1. The van der Waals surface area contributed by atoms with Crippen molar-refractivity contribution in [1.82, 2.24) is 0 Å². The van der Waals surface area contributed by atoms with E-state index in [4.69, 9.17) is 17.3 Å². The van der Waals surface area contributed by atoms with Gasteiger partial charge in [0.25, 0.3) is 5.91 Å². The molecule has 2 aromatic carbocycles. The number of nitrogens with one attached hydrogen (secondary N) is 1. The average Bonchev–Trinajstić information content (AvgIpc) is 2.34. The van der Waals surface area contributed by atoms with Gasteiger partial charge in [0.2, 0.25) is 0 Å². The van der Waals surface area contributed by atoms with Gasteiger partial charge in [0, 0.05) is 22.0 Å². The summed E-state index contributed by atoms with van der Waals surface area (Å²) in [5.41, 5.74) is 8.55. The number of aryl methyl sites for hydroxylation is 1. The fraction of sp³-hybridized carbons (Fsp3) is 0.0714. The molecule has 0 saturated carbocycles. The molecule has 18 heavy (non-hydrogen) atoms. The Morgan fingerprint density at radius 3 is 2.50 bits per heavy atom. The number of rotatable bonds is 2. The molecule has 2 aromatic rings. The van der Waals surface area contributed by atoms with Crippen LogP contribution in [0.1, 0.15) is 15.9 Å². The molecule has 0 aliphatic carbocycles. The number of hydrogen-bond donors (Lipinski definition) is 2. The molecule has 0 saturated heterocycles. The van der Waals surface area contributed by atoms with Gasteiger partial charge in [0.1, 0.15) is 0 Å². The minimum Gasteiger partial charge on any atom is -0.399 e. The van der Waals surface area contributed by atoms with E-state index in [2.05, 4.69) is 5.32 Å². The van der Waals surface area contributed by atoms with Gasteiger partial charge in [-0.1, -0.05) is 17.7 Å². The molecule has 4 heteroatoms. The number of nitrogens with two attached hydrogens (primary N) is 1. The zero-order chi connectivity index (χ0) is 13.1. The van der Waals surface area contributed by atoms with Crippen LogP contribution in [0.25, 0.3) is 0 Å². The Labute approximate surface area is 111 Å². The molecule has 0 radical (unpaired) electrons. The molecule has 92 valence electrons. The molecule has 0 unspecified atom stereocenters. The summed E-state index contributed by atoms with van der Waals surface area (Å²) in [5, 5.41) is 3.43. The SMILES string of the molecule is Cc1ccc(N)cc1NC(=O)c1ccc(Cl)cc1. The highest BCUT2D eigenvalue weighted by atomic mass is 35.5. The Bertz CT molecular complexity index is 579. The quantitative estimate of drug-likeness (QED) is 0.812. The minimum atomic E-state index is -0.180. The number of anilines is 2. The number of benzene rings is 2. The lowest BCUT2D eigenvalue weighted by molar-refractivity contribution is 0.102. The van der Waals surface area contributed by atoms with Crippen LogP contribution in [0.15, 0.2) is 42.5 Å². The van der Waals surface area contributed by atoms with E-state index in [0.29, 0.717) is 16.3 Å². The van der Waals surface area contributed by atoms with Crippen molar-refractivity contribution >= 4 is 28.9 Å². The third kappa shape index (κ3) is 2.81. The lowest BCUT2D eigenvalue weighted by Gasteiger charge is -2.09. The summed E-state index contributed by atoms with van der Waals surface area (Å²) >= 11 is 5.77. The van der Waals surface area contributed by atoms with Gasteiger partial charge < -0.3 is 11.1 Å². The standard InChI is InChI=1S/C14H13ClN2O/c1-9-2-7-12(16)8-13(9)17-14(18)10-3-5-11(15)6-4-10/h2-8H,16H2,1H3,(H,17,18). The van der Waals surface area contributed by atoms with Gasteiger partial charge in [-0.15, -0.1) is 0 Å². The van der Waals surface area contributed by atoms with Crippen molar-refractivity contribution in [2.45, 2.75) is 6.92 Å².